The number of nitrogens with one attached hydrogen (secondary N) is 1. The van der Waals surface area contributed by atoms with E-state index in [2.05, 4.69) is 5.32 Å². The third-order valence-electron chi connectivity index (χ3n) is 3.76. The van der Waals surface area contributed by atoms with Gasteiger partial charge in [-0.1, -0.05) is 0 Å². The Morgan fingerprint density at radius 1 is 1.42 bits per heavy atom. The van der Waals surface area contributed by atoms with E-state index < -0.39 is 10.0 Å². The Kier molecular flexibility index (Phi) is 6.14. The van der Waals surface area contributed by atoms with Crippen molar-refractivity contribution in [1.29, 1.82) is 0 Å². The van der Waals surface area contributed by atoms with E-state index in [0.717, 1.165) is 19.4 Å². The second-order valence-corrected chi connectivity index (χ2v) is 7.48. The molecule has 1 saturated heterocycles. The summed E-state index contributed by atoms with van der Waals surface area (Å²) in [6, 6.07) is 6.02. The van der Waals surface area contributed by atoms with Crippen LogP contribution in [0.25, 0.3) is 0 Å². The summed E-state index contributed by atoms with van der Waals surface area (Å²) in [5.41, 5.74) is 0.658. The number of anilines is 1. The molecule has 0 spiro atoms. The number of nitrogens with zero attached hydrogens (tertiary/aromatic N) is 1. The first kappa shape index (κ1) is 18.6. The van der Waals surface area contributed by atoms with E-state index in [1.54, 1.807) is 19.1 Å². The first-order valence-electron chi connectivity index (χ1n) is 7.66. The summed E-state index contributed by atoms with van der Waals surface area (Å²) >= 11 is 5.39. The number of carbonyl (C=O) groups is 1. The van der Waals surface area contributed by atoms with E-state index in [1.165, 1.54) is 12.1 Å². The molecule has 3 N–H and O–H groups in total. The highest BCUT2D eigenvalue weighted by Crippen LogP contribution is 2.20. The van der Waals surface area contributed by atoms with E-state index in [4.69, 9.17) is 22.1 Å². The van der Waals surface area contributed by atoms with Gasteiger partial charge in [-0.2, -0.15) is 0 Å². The van der Waals surface area contributed by atoms with Crippen LogP contribution in [-0.2, 0) is 19.6 Å². The minimum atomic E-state index is -3.71. The van der Waals surface area contributed by atoms with Crippen molar-refractivity contribution < 1.29 is 17.9 Å². The highest BCUT2D eigenvalue weighted by atomic mass is 32.2. The number of esters is 1. The van der Waals surface area contributed by atoms with Crippen molar-refractivity contribution >= 4 is 39.0 Å². The normalized spacial score (nSPS) is 18.1. The lowest BCUT2D eigenvalue weighted by Gasteiger charge is -2.33. The maximum absolute atomic E-state index is 11.9. The van der Waals surface area contributed by atoms with Gasteiger partial charge in [0.1, 0.15) is 0 Å². The van der Waals surface area contributed by atoms with Gasteiger partial charge in [-0.25, -0.2) is 13.6 Å². The number of thiocarbonyl (C=S) groups is 1. The van der Waals surface area contributed by atoms with Crippen LogP contribution in [0.2, 0.25) is 0 Å². The molecule has 1 aliphatic rings. The van der Waals surface area contributed by atoms with Crippen molar-refractivity contribution in [2.45, 2.75) is 24.7 Å². The lowest BCUT2D eigenvalue weighted by atomic mass is 9.98. The fraction of sp³-hybridized carbons (Fsp3) is 0.467. The molecule has 1 aromatic rings. The number of rotatable bonds is 4. The molecule has 7 nitrogen and oxygen atoms in total. The van der Waals surface area contributed by atoms with Crippen molar-refractivity contribution in [3.8, 4) is 0 Å². The lowest BCUT2D eigenvalue weighted by Crippen LogP contribution is -2.44. The number of piperidine rings is 1. The molecule has 1 heterocycles. The Balaban J connectivity index is 1.97. The lowest BCUT2D eigenvalue weighted by molar-refractivity contribution is -0.149. The molecule has 1 atom stereocenters. The molecular formula is C15H21N3O4S2. The minimum Gasteiger partial charge on any atom is -0.466 e. The number of nitrogens with two attached hydrogens (primary N) is 1. The first-order valence-corrected chi connectivity index (χ1v) is 9.62. The van der Waals surface area contributed by atoms with Gasteiger partial charge < -0.3 is 15.0 Å². The van der Waals surface area contributed by atoms with Crippen LogP contribution in [0.15, 0.2) is 29.2 Å². The minimum absolute atomic E-state index is 0.0410. The number of ether oxygens (including phenoxy) is 1. The molecule has 1 aromatic carbocycles. The van der Waals surface area contributed by atoms with Crippen LogP contribution in [0.4, 0.5) is 5.69 Å². The second kappa shape index (κ2) is 7.91. The van der Waals surface area contributed by atoms with Gasteiger partial charge in [0.25, 0.3) is 0 Å². The van der Waals surface area contributed by atoms with E-state index in [0.29, 0.717) is 24.0 Å². The number of hydrogen-bond donors (Lipinski definition) is 2. The molecule has 0 unspecified atom stereocenters. The quantitative estimate of drug-likeness (QED) is 0.608. The Labute approximate surface area is 147 Å². The third-order valence-corrected chi connectivity index (χ3v) is 5.05. The molecule has 0 amide bonds. The Morgan fingerprint density at radius 2 is 2.08 bits per heavy atom. The fourth-order valence-corrected chi connectivity index (χ4v) is 3.34. The zero-order chi connectivity index (χ0) is 17.7. The van der Waals surface area contributed by atoms with E-state index in [-0.39, 0.29) is 16.8 Å². The molecule has 0 bridgehead atoms. The monoisotopic (exact) mass is 371 g/mol. The van der Waals surface area contributed by atoms with E-state index >= 15 is 0 Å². The first-order chi connectivity index (χ1) is 11.3. The van der Waals surface area contributed by atoms with Crippen LogP contribution in [0.3, 0.4) is 0 Å². The molecule has 9 heteroatoms. The predicted molar refractivity (Wildman–Crippen MR) is 95.0 cm³/mol. The predicted octanol–water partition coefficient (Wildman–Crippen LogP) is 1.31. The number of likely N-dealkylation sites (tertiary alicyclic amines) is 1. The van der Waals surface area contributed by atoms with Gasteiger partial charge in [-0.3, -0.25) is 4.79 Å². The fourth-order valence-electron chi connectivity index (χ4n) is 2.54. The van der Waals surface area contributed by atoms with Crippen LogP contribution in [0.5, 0.6) is 0 Å². The molecule has 0 aliphatic carbocycles. The smallest absolute Gasteiger partial charge is 0.310 e. The van der Waals surface area contributed by atoms with Crippen LogP contribution >= 0.6 is 12.2 Å². The average molecular weight is 371 g/mol. The van der Waals surface area contributed by atoms with Crippen molar-refractivity contribution in [3.63, 3.8) is 0 Å². The van der Waals surface area contributed by atoms with Crippen molar-refractivity contribution in [2.75, 3.05) is 25.0 Å². The standard InChI is InChI=1S/C15H21N3O4S2/c1-2-22-14(19)11-4-3-9-18(10-11)15(23)17-12-5-7-13(8-6-12)24(16,20)21/h5-8,11H,2-4,9-10H2,1H3,(H,17,23)(H2,16,20,21)/t11-/m1/s1. The maximum Gasteiger partial charge on any atom is 0.310 e. The van der Waals surface area contributed by atoms with Gasteiger partial charge in [0.15, 0.2) is 5.11 Å². The summed E-state index contributed by atoms with van der Waals surface area (Å²) in [5, 5.41) is 8.61. The Hall–Kier alpha value is -1.71. The molecular weight excluding hydrogens is 350 g/mol. The highest BCUT2D eigenvalue weighted by Gasteiger charge is 2.28. The second-order valence-electron chi connectivity index (χ2n) is 5.54. The number of sulfonamides is 1. The molecule has 132 valence electrons. The highest BCUT2D eigenvalue weighted by molar-refractivity contribution is 7.89. The summed E-state index contributed by atoms with van der Waals surface area (Å²) in [5.74, 6) is -0.370. The van der Waals surface area contributed by atoms with Gasteiger partial charge in [0, 0.05) is 18.8 Å². The maximum atomic E-state index is 11.9. The van der Waals surface area contributed by atoms with Crippen molar-refractivity contribution in [2.24, 2.45) is 11.1 Å². The number of primary sulfonamides is 1. The van der Waals surface area contributed by atoms with E-state index in [1.807, 2.05) is 4.90 Å². The summed E-state index contributed by atoms with van der Waals surface area (Å²) in [4.78, 5) is 13.8. The molecule has 0 radical (unpaired) electrons. The van der Waals surface area contributed by atoms with Gasteiger partial charge >= 0.3 is 5.97 Å². The van der Waals surface area contributed by atoms with Gasteiger partial charge in [-0.05, 0) is 56.2 Å². The SMILES string of the molecule is CCOC(=O)[C@@H]1CCCN(C(=S)Nc2ccc(S(N)(=O)=O)cc2)C1. The summed E-state index contributed by atoms with van der Waals surface area (Å²) in [6.07, 6.45) is 1.65. The molecule has 1 aliphatic heterocycles. The molecule has 24 heavy (non-hydrogen) atoms. The van der Waals surface area contributed by atoms with Crippen LogP contribution in [0.1, 0.15) is 19.8 Å². The van der Waals surface area contributed by atoms with Gasteiger partial charge in [0.05, 0.1) is 17.4 Å². The van der Waals surface area contributed by atoms with Crippen LogP contribution in [0, 0.1) is 5.92 Å². The molecule has 2 rings (SSSR count). The summed E-state index contributed by atoms with van der Waals surface area (Å²) in [6.45, 7) is 3.43. The zero-order valence-electron chi connectivity index (χ0n) is 13.4. The molecule has 1 fully saturated rings. The van der Waals surface area contributed by atoms with Crippen LogP contribution < -0.4 is 10.5 Å². The number of benzene rings is 1. The van der Waals surface area contributed by atoms with E-state index in [9.17, 15) is 13.2 Å². The van der Waals surface area contributed by atoms with Crippen LogP contribution in [-0.4, -0.2) is 44.1 Å². The molecule has 0 aromatic heterocycles. The van der Waals surface area contributed by atoms with Gasteiger partial charge in [-0.15, -0.1) is 0 Å². The Morgan fingerprint density at radius 3 is 2.67 bits per heavy atom. The van der Waals surface area contributed by atoms with Gasteiger partial charge in [0.2, 0.25) is 10.0 Å². The third kappa shape index (κ3) is 4.89. The number of carbonyl (C=O) groups excluding carboxylic acids is 1. The average Bonchev–Trinajstić information content (AvgIpc) is 2.55. The largest absolute Gasteiger partial charge is 0.466 e. The summed E-state index contributed by atoms with van der Waals surface area (Å²) < 4.78 is 27.6. The van der Waals surface area contributed by atoms with Crippen molar-refractivity contribution in [1.82, 2.24) is 4.90 Å². The molecule has 0 saturated carbocycles. The summed E-state index contributed by atoms with van der Waals surface area (Å²) in [7, 11) is -3.71. The number of hydrogen-bond acceptors (Lipinski definition) is 5. The topological polar surface area (TPSA) is 102 Å². The Bertz CT molecular complexity index is 704. The zero-order valence-corrected chi connectivity index (χ0v) is 15.0. The van der Waals surface area contributed by atoms with Crippen molar-refractivity contribution in [3.05, 3.63) is 24.3 Å².